The molecule has 0 fully saturated rings. The zero-order chi connectivity index (χ0) is 25.6. The summed E-state index contributed by atoms with van der Waals surface area (Å²) in [6, 6.07) is -5.62. The molecule has 0 aromatic rings. The first-order valence-corrected chi connectivity index (χ1v) is 10.2. The number of hydrogen-bond donors (Lipinski definition) is 9. The average Bonchev–Trinajstić information content (AvgIpc) is 2.73. The van der Waals surface area contributed by atoms with Gasteiger partial charge < -0.3 is 49.1 Å². The number of primary amides is 2. The number of rotatable bonds is 17. The molecule has 0 radical (unpaired) electrons. The average molecular weight is 476 g/mol. The molecule has 0 aliphatic carbocycles. The first-order valence-electron chi connectivity index (χ1n) is 10.2. The monoisotopic (exact) mass is 475 g/mol. The van der Waals surface area contributed by atoms with Crippen LogP contribution in [0, 0.1) is 0 Å². The van der Waals surface area contributed by atoms with Gasteiger partial charge in [-0.25, -0.2) is 4.79 Å². The Morgan fingerprint density at radius 3 is 1.79 bits per heavy atom. The van der Waals surface area contributed by atoms with Crippen LogP contribution in [0.25, 0.3) is 0 Å². The molecule has 0 spiro atoms. The van der Waals surface area contributed by atoms with Crippen molar-refractivity contribution < 1.29 is 39.0 Å². The zero-order valence-corrected chi connectivity index (χ0v) is 18.1. The summed E-state index contributed by atoms with van der Waals surface area (Å²) in [4.78, 5) is 71.2. The van der Waals surface area contributed by atoms with E-state index in [0.29, 0.717) is 19.4 Å². The van der Waals surface area contributed by atoms with Gasteiger partial charge in [0.25, 0.3) is 0 Å². The van der Waals surface area contributed by atoms with E-state index >= 15 is 0 Å². The number of aliphatic hydroxyl groups is 1. The van der Waals surface area contributed by atoms with Gasteiger partial charge >= 0.3 is 5.97 Å². The number of amides is 5. The second kappa shape index (κ2) is 15.5. The number of carbonyl (C=O) groups is 6. The molecule has 0 bridgehead atoms. The van der Waals surface area contributed by atoms with Crippen LogP contribution in [-0.2, 0) is 28.8 Å². The molecule has 0 aromatic carbocycles. The molecule has 188 valence electrons. The van der Waals surface area contributed by atoms with Crippen LogP contribution in [0.3, 0.4) is 0 Å². The Morgan fingerprint density at radius 1 is 0.758 bits per heavy atom. The largest absolute Gasteiger partial charge is 0.480 e. The maximum atomic E-state index is 12.7. The molecule has 0 saturated carbocycles. The van der Waals surface area contributed by atoms with Crippen LogP contribution in [0.4, 0.5) is 0 Å². The summed E-state index contributed by atoms with van der Waals surface area (Å²) in [7, 11) is 0. The van der Waals surface area contributed by atoms with E-state index < -0.39 is 72.7 Å². The van der Waals surface area contributed by atoms with Crippen molar-refractivity contribution in [1.82, 2.24) is 16.0 Å². The summed E-state index contributed by atoms with van der Waals surface area (Å²) < 4.78 is 0. The fourth-order valence-electron chi connectivity index (χ4n) is 2.62. The second-order valence-corrected chi connectivity index (χ2v) is 7.27. The van der Waals surface area contributed by atoms with Crippen molar-refractivity contribution in [2.75, 3.05) is 13.2 Å². The molecule has 0 aromatic heterocycles. The van der Waals surface area contributed by atoms with E-state index in [1.54, 1.807) is 0 Å². The molecule has 15 heteroatoms. The van der Waals surface area contributed by atoms with Crippen molar-refractivity contribution in [3.05, 3.63) is 0 Å². The molecule has 5 amide bonds. The molecule has 0 rings (SSSR count). The van der Waals surface area contributed by atoms with Gasteiger partial charge in [-0.3, -0.25) is 24.0 Å². The van der Waals surface area contributed by atoms with E-state index in [1.165, 1.54) is 0 Å². The van der Waals surface area contributed by atoms with Crippen molar-refractivity contribution >= 4 is 35.5 Å². The van der Waals surface area contributed by atoms with Crippen molar-refractivity contribution in [1.29, 1.82) is 0 Å². The SMILES string of the molecule is NCCCCC(NC(=O)C(CC(N)=O)NC(=O)C(CCC(N)=O)NC(=O)C(N)CO)C(=O)O. The lowest BCUT2D eigenvalue weighted by atomic mass is 10.1. The van der Waals surface area contributed by atoms with Gasteiger partial charge in [-0.05, 0) is 32.2 Å². The highest BCUT2D eigenvalue weighted by atomic mass is 16.4. The number of aliphatic carboxylic acids is 1. The van der Waals surface area contributed by atoms with Gasteiger partial charge in [0.2, 0.25) is 29.5 Å². The highest BCUT2D eigenvalue weighted by Crippen LogP contribution is 2.04. The number of hydrogen-bond acceptors (Lipinski definition) is 9. The topological polar surface area (TPSA) is 283 Å². The number of carbonyl (C=O) groups excluding carboxylic acids is 5. The zero-order valence-electron chi connectivity index (χ0n) is 18.1. The lowest BCUT2D eigenvalue weighted by molar-refractivity contribution is -0.142. The van der Waals surface area contributed by atoms with Crippen LogP contribution in [0.2, 0.25) is 0 Å². The van der Waals surface area contributed by atoms with Gasteiger partial charge in [-0.2, -0.15) is 0 Å². The van der Waals surface area contributed by atoms with Gasteiger partial charge in [-0.1, -0.05) is 0 Å². The van der Waals surface area contributed by atoms with Crippen LogP contribution < -0.4 is 38.9 Å². The Morgan fingerprint density at radius 2 is 1.30 bits per heavy atom. The predicted molar refractivity (Wildman–Crippen MR) is 114 cm³/mol. The molecule has 0 aliphatic heterocycles. The number of unbranched alkanes of at least 4 members (excludes halogenated alkanes) is 1. The quantitative estimate of drug-likeness (QED) is 0.0903. The number of nitrogens with two attached hydrogens (primary N) is 4. The minimum Gasteiger partial charge on any atom is -0.480 e. The summed E-state index contributed by atoms with van der Waals surface area (Å²) in [5.74, 6) is -5.95. The Kier molecular flexibility index (Phi) is 13.9. The molecular formula is C18H33N7O8. The van der Waals surface area contributed by atoms with Crippen LogP contribution in [0.15, 0.2) is 0 Å². The van der Waals surface area contributed by atoms with E-state index in [1.807, 2.05) is 0 Å². The van der Waals surface area contributed by atoms with Crippen molar-refractivity contribution in [2.45, 2.75) is 62.7 Å². The summed E-state index contributed by atoms with van der Waals surface area (Å²) in [6.07, 6.45) is -0.259. The highest BCUT2D eigenvalue weighted by molar-refractivity contribution is 5.96. The minimum atomic E-state index is -1.56. The van der Waals surface area contributed by atoms with Gasteiger partial charge in [0, 0.05) is 6.42 Å². The summed E-state index contributed by atoms with van der Waals surface area (Å²) in [6.45, 7) is -0.386. The maximum absolute atomic E-state index is 12.7. The lowest BCUT2D eigenvalue weighted by Gasteiger charge is -2.24. The Balaban J connectivity index is 5.47. The predicted octanol–water partition coefficient (Wildman–Crippen LogP) is -4.89. The second-order valence-electron chi connectivity index (χ2n) is 7.27. The molecule has 4 unspecified atom stereocenters. The van der Waals surface area contributed by atoms with Crippen LogP contribution in [-0.4, -0.2) is 83.0 Å². The van der Waals surface area contributed by atoms with E-state index in [9.17, 15) is 33.9 Å². The Bertz CT molecular complexity index is 718. The van der Waals surface area contributed by atoms with Crippen LogP contribution >= 0.6 is 0 Å². The molecule has 33 heavy (non-hydrogen) atoms. The molecule has 0 heterocycles. The lowest BCUT2D eigenvalue weighted by Crippen LogP contribution is -2.58. The van der Waals surface area contributed by atoms with Crippen LogP contribution in [0.5, 0.6) is 0 Å². The third kappa shape index (κ3) is 12.4. The molecule has 4 atom stereocenters. The molecule has 0 aliphatic rings. The van der Waals surface area contributed by atoms with Gasteiger partial charge in [0.1, 0.15) is 24.2 Å². The molecule has 15 nitrogen and oxygen atoms in total. The van der Waals surface area contributed by atoms with Crippen LogP contribution in [0.1, 0.15) is 38.5 Å². The molecule has 13 N–H and O–H groups in total. The van der Waals surface area contributed by atoms with Crippen molar-refractivity contribution in [3.63, 3.8) is 0 Å². The summed E-state index contributed by atoms with van der Waals surface area (Å²) in [5.41, 5.74) is 21.0. The highest BCUT2D eigenvalue weighted by Gasteiger charge is 2.31. The number of carboxylic acid groups (broad SMARTS) is 1. The van der Waals surface area contributed by atoms with E-state index in [-0.39, 0.29) is 19.3 Å². The van der Waals surface area contributed by atoms with Gasteiger partial charge in [0.15, 0.2) is 0 Å². The Labute approximate surface area is 190 Å². The van der Waals surface area contributed by atoms with E-state index in [2.05, 4.69) is 16.0 Å². The normalized spacial score (nSPS) is 14.3. The fourth-order valence-corrected chi connectivity index (χ4v) is 2.62. The third-order valence-electron chi connectivity index (χ3n) is 4.45. The van der Waals surface area contributed by atoms with E-state index in [4.69, 9.17) is 28.0 Å². The standard InChI is InChI=1S/C18H33N7O8/c19-6-2-1-3-11(18(32)33)24-17(31)12(7-14(22)28)25-16(30)10(4-5-13(21)27)23-15(29)9(20)8-26/h9-12,26H,1-8,19-20H2,(H2,21,27)(H2,22,28)(H,23,29)(H,24,31)(H,25,30)(H,32,33). The summed E-state index contributed by atoms with van der Waals surface area (Å²) >= 11 is 0. The van der Waals surface area contributed by atoms with Crippen molar-refractivity contribution in [3.8, 4) is 0 Å². The molecular weight excluding hydrogens is 442 g/mol. The fraction of sp³-hybridized carbons (Fsp3) is 0.667. The third-order valence-corrected chi connectivity index (χ3v) is 4.45. The van der Waals surface area contributed by atoms with Crippen molar-refractivity contribution in [2.24, 2.45) is 22.9 Å². The summed E-state index contributed by atoms with van der Waals surface area (Å²) in [5, 5.41) is 24.9. The Hall–Kier alpha value is -3.30. The first kappa shape index (κ1) is 29.7. The smallest absolute Gasteiger partial charge is 0.326 e. The number of carboxylic acids is 1. The van der Waals surface area contributed by atoms with Gasteiger partial charge in [0.05, 0.1) is 13.0 Å². The number of nitrogens with one attached hydrogen (secondary N) is 3. The van der Waals surface area contributed by atoms with E-state index in [0.717, 1.165) is 0 Å². The maximum Gasteiger partial charge on any atom is 0.326 e. The first-order chi connectivity index (χ1) is 15.4. The minimum absolute atomic E-state index is 0.0614. The van der Waals surface area contributed by atoms with Gasteiger partial charge in [-0.15, -0.1) is 0 Å². The number of aliphatic hydroxyl groups excluding tert-OH is 1. The molecule has 0 saturated heterocycles.